The Morgan fingerprint density at radius 2 is 1.76 bits per heavy atom. The van der Waals surface area contributed by atoms with Crippen LogP contribution in [0.5, 0.6) is 0 Å². The predicted octanol–water partition coefficient (Wildman–Crippen LogP) is 0.899. The van der Waals surface area contributed by atoms with Crippen LogP contribution >= 0.6 is 0 Å². The van der Waals surface area contributed by atoms with Gasteiger partial charge in [0.25, 0.3) is 0 Å². The van der Waals surface area contributed by atoms with Crippen LogP contribution in [0.15, 0.2) is 29.2 Å². The van der Waals surface area contributed by atoms with E-state index in [-0.39, 0.29) is 10.9 Å². The predicted molar refractivity (Wildman–Crippen MR) is 72.2 cm³/mol. The minimum Gasteiger partial charge on any atom is -0.549 e. The maximum Gasteiger partial charge on any atom is 0.243 e. The Morgan fingerprint density at radius 3 is 2.29 bits per heavy atom. The van der Waals surface area contributed by atoms with Gasteiger partial charge in [0.15, 0.2) is 0 Å². The number of carboxylic acid groups (broad SMARTS) is 1. The molecule has 7 heteroatoms. The van der Waals surface area contributed by atoms with Crippen molar-refractivity contribution in [3.8, 4) is 0 Å². The molecule has 1 aliphatic carbocycles. The summed E-state index contributed by atoms with van der Waals surface area (Å²) in [6, 6.07) is 4.05. The first-order valence-electron chi connectivity index (χ1n) is 6.88. The number of halogens is 1. The topological polar surface area (TPSA) is 77.5 Å². The lowest BCUT2D eigenvalue weighted by molar-refractivity contribution is -0.305. The fourth-order valence-electron chi connectivity index (χ4n) is 2.65. The quantitative estimate of drug-likeness (QED) is 0.809. The normalized spacial score (nSPS) is 17.0. The minimum absolute atomic E-state index is 0.101. The zero-order chi connectivity index (χ0) is 15.5. The zero-order valence-electron chi connectivity index (χ0n) is 11.5. The molecule has 0 aromatic heterocycles. The van der Waals surface area contributed by atoms with Crippen molar-refractivity contribution in [3.05, 3.63) is 30.1 Å². The van der Waals surface area contributed by atoms with Crippen LogP contribution in [0.4, 0.5) is 4.39 Å². The Hall–Kier alpha value is -1.47. The van der Waals surface area contributed by atoms with Crippen LogP contribution < -0.4 is 5.11 Å². The van der Waals surface area contributed by atoms with Gasteiger partial charge in [-0.3, -0.25) is 0 Å². The molecule has 5 nitrogen and oxygen atoms in total. The summed E-state index contributed by atoms with van der Waals surface area (Å²) in [6.45, 7) is -0.676. The van der Waals surface area contributed by atoms with E-state index in [4.69, 9.17) is 0 Å². The average Bonchev–Trinajstić information content (AvgIpc) is 2.46. The zero-order valence-corrected chi connectivity index (χ0v) is 12.3. The van der Waals surface area contributed by atoms with E-state index in [1.807, 2.05) is 0 Å². The number of nitrogens with zero attached hydrogens (tertiary/aromatic N) is 1. The maximum atomic E-state index is 12.9. The Labute approximate surface area is 123 Å². The van der Waals surface area contributed by atoms with Crippen molar-refractivity contribution in [1.29, 1.82) is 0 Å². The Bertz CT molecular complexity index is 594. The monoisotopic (exact) mass is 314 g/mol. The number of hydrogen-bond acceptors (Lipinski definition) is 4. The van der Waals surface area contributed by atoms with Gasteiger partial charge in [0, 0.05) is 6.04 Å². The smallest absolute Gasteiger partial charge is 0.243 e. The van der Waals surface area contributed by atoms with Crippen molar-refractivity contribution in [2.45, 2.75) is 43.0 Å². The summed E-state index contributed by atoms with van der Waals surface area (Å²) in [5.41, 5.74) is 0. The highest BCUT2D eigenvalue weighted by Gasteiger charge is 2.32. The Morgan fingerprint density at radius 1 is 1.19 bits per heavy atom. The van der Waals surface area contributed by atoms with E-state index in [1.54, 1.807) is 0 Å². The molecule has 0 N–H and O–H groups in total. The van der Waals surface area contributed by atoms with Gasteiger partial charge in [-0.05, 0) is 37.1 Å². The largest absolute Gasteiger partial charge is 0.549 e. The van der Waals surface area contributed by atoms with E-state index < -0.39 is 28.4 Å². The third kappa shape index (κ3) is 3.79. The summed E-state index contributed by atoms with van der Waals surface area (Å²) < 4.78 is 39.1. The molecule has 0 saturated heterocycles. The molecular formula is C14H17FNO4S-. The Kier molecular flexibility index (Phi) is 4.95. The fraction of sp³-hybridized carbons (Fsp3) is 0.500. The third-order valence-corrected chi connectivity index (χ3v) is 5.60. The van der Waals surface area contributed by atoms with Gasteiger partial charge >= 0.3 is 0 Å². The molecular weight excluding hydrogens is 297 g/mol. The van der Waals surface area contributed by atoms with Crippen LogP contribution in [0, 0.1) is 5.82 Å². The highest BCUT2D eigenvalue weighted by Crippen LogP contribution is 2.27. The van der Waals surface area contributed by atoms with Crippen LogP contribution in [-0.2, 0) is 14.8 Å². The first-order chi connectivity index (χ1) is 9.91. The van der Waals surface area contributed by atoms with E-state index in [2.05, 4.69) is 0 Å². The van der Waals surface area contributed by atoms with Crippen molar-refractivity contribution in [2.75, 3.05) is 6.54 Å². The van der Waals surface area contributed by atoms with Crippen LogP contribution in [0.25, 0.3) is 0 Å². The van der Waals surface area contributed by atoms with Gasteiger partial charge in [-0.2, -0.15) is 4.31 Å². The maximum absolute atomic E-state index is 12.9. The standard InChI is InChI=1S/C14H18FNO4S/c15-11-6-8-13(9-7-11)21(19,20)16(10-14(17)18)12-4-2-1-3-5-12/h6-9,12H,1-5,10H2,(H,17,18)/p-1. The fourth-order valence-corrected chi connectivity index (χ4v) is 4.28. The van der Waals surface area contributed by atoms with Crippen LogP contribution in [0.1, 0.15) is 32.1 Å². The molecule has 1 fully saturated rings. The summed E-state index contributed by atoms with van der Waals surface area (Å²) in [7, 11) is -3.97. The molecule has 116 valence electrons. The second kappa shape index (κ2) is 6.53. The Balaban J connectivity index is 2.33. The second-order valence-corrected chi connectivity index (χ2v) is 7.06. The summed E-state index contributed by atoms with van der Waals surface area (Å²) >= 11 is 0. The first-order valence-corrected chi connectivity index (χ1v) is 8.32. The summed E-state index contributed by atoms with van der Waals surface area (Å²) in [4.78, 5) is 10.8. The van der Waals surface area contributed by atoms with E-state index >= 15 is 0 Å². The minimum atomic E-state index is -3.97. The third-order valence-electron chi connectivity index (χ3n) is 3.69. The molecule has 1 aromatic rings. The molecule has 1 aliphatic rings. The average molecular weight is 314 g/mol. The summed E-state index contributed by atoms with van der Waals surface area (Å²) in [6.07, 6.45) is 4.02. The van der Waals surface area contributed by atoms with E-state index in [9.17, 15) is 22.7 Å². The van der Waals surface area contributed by atoms with Crippen molar-refractivity contribution in [1.82, 2.24) is 4.31 Å². The molecule has 1 aromatic carbocycles. The molecule has 21 heavy (non-hydrogen) atoms. The number of rotatable bonds is 5. The first kappa shape index (κ1) is 15.9. The van der Waals surface area contributed by atoms with Crippen molar-refractivity contribution in [2.24, 2.45) is 0 Å². The SMILES string of the molecule is O=C([O-])CN(C1CCCCC1)S(=O)(=O)c1ccc(F)cc1. The number of hydrogen-bond donors (Lipinski definition) is 0. The number of carboxylic acids is 1. The number of sulfonamides is 1. The van der Waals surface area contributed by atoms with Crippen LogP contribution in [0.2, 0.25) is 0 Å². The van der Waals surface area contributed by atoms with Crippen molar-refractivity contribution >= 4 is 16.0 Å². The molecule has 0 spiro atoms. The van der Waals surface area contributed by atoms with Gasteiger partial charge < -0.3 is 9.90 Å². The second-order valence-electron chi connectivity index (χ2n) is 5.17. The number of carbonyl (C=O) groups excluding carboxylic acids is 1. The molecule has 0 atom stereocenters. The lowest BCUT2D eigenvalue weighted by Crippen LogP contribution is -2.47. The van der Waals surface area contributed by atoms with E-state index in [1.165, 1.54) is 0 Å². The highest BCUT2D eigenvalue weighted by molar-refractivity contribution is 7.89. The van der Waals surface area contributed by atoms with Gasteiger partial charge in [-0.25, -0.2) is 12.8 Å². The lowest BCUT2D eigenvalue weighted by Gasteiger charge is -2.33. The summed E-state index contributed by atoms with van der Waals surface area (Å²) in [5.74, 6) is -1.98. The van der Waals surface area contributed by atoms with Crippen molar-refractivity contribution < 1.29 is 22.7 Å². The van der Waals surface area contributed by atoms with E-state index in [0.717, 1.165) is 47.8 Å². The number of benzene rings is 1. The van der Waals surface area contributed by atoms with Gasteiger partial charge in [-0.15, -0.1) is 0 Å². The molecule has 0 heterocycles. The van der Waals surface area contributed by atoms with Crippen LogP contribution in [0.3, 0.4) is 0 Å². The van der Waals surface area contributed by atoms with Crippen molar-refractivity contribution in [3.63, 3.8) is 0 Å². The molecule has 0 unspecified atom stereocenters. The van der Waals surface area contributed by atoms with Gasteiger partial charge in [0.05, 0.1) is 17.4 Å². The number of carbonyl (C=O) groups is 1. The highest BCUT2D eigenvalue weighted by atomic mass is 32.2. The molecule has 1 saturated carbocycles. The molecule has 0 amide bonds. The number of aliphatic carboxylic acids is 1. The van der Waals surface area contributed by atoms with Gasteiger partial charge in [0.2, 0.25) is 10.0 Å². The molecule has 0 radical (unpaired) electrons. The molecule has 0 aliphatic heterocycles. The summed E-state index contributed by atoms with van der Waals surface area (Å²) in [5, 5.41) is 10.9. The van der Waals surface area contributed by atoms with E-state index in [0.29, 0.717) is 12.8 Å². The van der Waals surface area contributed by atoms with Gasteiger partial charge in [-0.1, -0.05) is 19.3 Å². The molecule has 0 bridgehead atoms. The molecule has 2 rings (SSSR count). The van der Waals surface area contributed by atoms with Crippen LogP contribution in [-0.4, -0.2) is 31.3 Å². The van der Waals surface area contributed by atoms with Gasteiger partial charge in [0.1, 0.15) is 5.82 Å². The lowest BCUT2D eigenvalue weighted by atomic mass is 9.95.